The Labute approximate surface area is 194 Å². The van der Waals surface area contributed by atoms with E-state index in [0.717, 1.165) is 41.2 Å². The quantitative estimate of drug-likeness (QED) is 0.326. The van der Waals surface area contributed by atoms with Crippen molar-refractivity contribution in [2.75, 3.05) is 34.0 Å². The van der Waals surface area contributed by atoms with Gasteiger partial charge in [-0.2, -0.15) is 0 Å². The molecule has 1 heterocycles. The monoisotopic (exact) mass is 529 g/mol. The Morgan fingerprint density at radius 3 is 2.67 bits per heavy atom. The van der Waals surface area contributed by atoms with Crippen LogP contribution in [0.2, 0.25) is 0 Å². The van der Waals surface area contributed by atoms with Gasteiger partial charge in [-0.25, -0.2) is 4.39 Å². The van der Waals surface area contributed by atoms with E-state index in [1.807, 2.05) is 6.92 Å². The number of halogens is 2. The summed E-state index contributed by atoms with van der Waals surface area (Å²) < 4.78 is 30.0. The molecule has 2 aromatic carbocycles. The van der Waals surface area contributed by atoms with Crippen LogP contribution in [0.4, 0.5) is 4.39 Å². The van der Waals surface area contributed by atoms with Crippen molar-refractivity contribution in [1.82, 2.24) is 10.6 Å². The van der Waals surface area contributed by atoms with Crippen LogP contribution in [0, 0.1) is 12.7 Å². The number of guanidine groups is 1. The summed E-state index contributed by atoms with van der Waals surface area (Å²) in [7, 11) is 3.42. The molecule has 0 unspecified atom stereocenters. The van der Waals surface area contributed by atoms with Crippen molar-refractivity contribution in [3.8, 4) is 11.5 Å². The van der Waals surface area contributed by atoms with Gasteiger partial charge in [-0.15, -0.1) is 24.0 Å². The summed E-state index contributed by atoms with van der Waals surface area (Å²) in [4.78, 5) is 4.25. The van der Waals surface area contributed by atoms with Crippen molar-refractivity contribution in [3.63, 3.8) is 0 Å². The summed E-state index contributed by atoms with van der Waals surface area (Å²) in [5, 5.41) is 6.57. The lowest BCUT2D eigenvalue weighted by Gasteiger charge is -2.21. The lowest BCUT2D eigenvalue weighted by atomic mass is 10.1. The molecule has 1 aliphatic heterocycles. The standard InChI is InChI=1S/C22H28FN3O3.HI/c1-15-4-5-16(10-20(15)27-3)6-8-25-22(24-2)26-9-7-17-11-19(23)12-18-13-28-14-29-21(17)18;/h4-5,10-12H,6-9,13-14H2,1-3H3,(H2,24,25,26);1H. The molecule has 164 valence electrons. The fourth-order valence-electron chi connectivity index (χ4n) is 3.32. The third-order valence-electron chi connectivity index (χ3n) is 4.84. The van der Waals surface area contributed by atoms with Gasteiger partial charge in [-0.05, 0) is 54.7 Å². The number of nitrogens with one attached hydrogen (secondary N) is 2. The van der Waals surface area contributed by atoms with Gasteiger partial charge in [0, 0.05) is 25.7 Å². The Balaban J connectivity index is 0.00000320. The highest BCUT2D eigenvalue weighted by molar-refractivity contribution is 14.0. The molecular formula is C22H29FIN3O3. The third-order valence-corrected chi connectivity index (χ3v) is 4.84. The predicted octanol–water partition coefficient (Wildman–Crippen LogP) is 3.58. The number of hydrogen-bond donors (Lipinski definition) is 2. The first-order valence-corrected chi connectivity index (χ1v) is 9.70. The molecule has 2 N–H and O–H groups in total. The van der Waals surface area contributed by atoms with Crippen molar-refractivity contribution >= 4 is 29.9 Å². The van der Waals surface area contributed by atoms with Crippen LogP contribution < -0.4 is 20.1 Å². The van der Waals surface area contributed by atoms with Crippen LogP contribution >= 0.6 is 24.0 Å². The van der Waals surface area contributed by atoms with Crippen molar-refractivity contribution in [1.29, 1.82) is 0 Å². The number of aliphatic imine (C=N–C) groups is 1. The second kappa shape index (κ2) is 11.9. The van der Waals surface area contributed by atoms with E-state index < -0.39 is 0 Å². The predicted molar refractivity (Wildman–Crippen MR) is 127 cm³/mol. The number of rotatable bonds is 7. The Morgan fingerprint density at radius 2 is 1.93 bits per heavy atom. The van der Waals surface area contributed by atoms with Crippen LogP contribution in [0.1, 0.15) is 22.3 Å². The topological polar surface area (TPSA) is 64.1 Å². The van der Waals surface area contributed by atoms with Gasteiger partial charge in [0.1, 0.15) is 17.3 Å². The first-order chi connectivity index (χ1) is 14.1. The maximum Gasteiger partial charge on any atom is 0.190 e. The molecule has 0 aliphatic carbocycles. The molecule has 8 heteroatoms. The van der Waals surface area contributed by atoms with Crippen LogP contribution in [0.5, 0.6) is 11.5 Å². The summed E-state index contributed by atoms with van der Waals surface area (Å²) in [5.41, 5.74) is 3.90. The Morgan fingerprint density at radius 1 is 1.17 bits per heavy atom. The molecule has 0 spiro atoms. The SMILES string of the molecule is CN=C(NCCc1ccc(C)c(OC)c1)NCCc1cc(F)cc2c1OCOC2.I. The number of fused-ring (bicyclic) bond motifs is 1. The molecule has 0 bridgehead atoms. The Kier molecular flexibility index (Phi) is 9.64. The van der Waals surface area contributed by atoms with Gasteiger partial charge in [0.15, 0.2) is 12.8 Å². The van der Waals surface area contributed by atoms with Crippen molar-refractivity contribution in [3.05, 3.63) is 58.4 Å². The number of ether oxygens (including phenoxy) is 3. The summed E-state index contributed by atoms with van der Waals surface area (Å²) in [5.74, 6) is 2.06. The highest BCUT2D eigenvalue weighted by Gasteiger charge is 2.16. The fourth-order valence-corrected chi connectivity index (χ4v) is 3.32. The molecule has 0 saturated carbocycles. The minimum absolute atomic E-state index is 0. The first-order valence-electron chi connectivity index (χ1n) is 9.70. The zero-order valence-electron chi connectivity index (χ0n) is 17.6. The lowest BCUT2D eigenvalue weighted by molar-refractivity contribution is -0.0172. The third kappa shape index (κ3) is 6.46. The van der Waals surface area contributed by atoms with Crippen LogP contribution in [-0.4, -0.2) is 40.0 Å². The Bertz CT molecular complexity index is 877. The minimum Gasteiger partial charge on any atom is -0.496 e. The smallest absolute Gasteiger partial charge is 0.190 e. The molecule has 0 amide bonds. The van der Waals surface area contributed by atoms with Gasteiger partial charge in [0.25, 0.3) is 0 Å². The highest BCUT2D eigenvalue weighted by atomic mass is 127. The number of benzene rings is 2. The van der Waals surface area contributed by atoms with E-state index in [2.05, 4.69) is 33.8 Å². The van der Waals surface area contributed by atoms with Crippen LogP contribution in [-0.2, 0) is 24.2 Å². The lowest BCUT2D eigenvalue weighted by Crippen LogP contribution is -2.39. The molecule has 2 aromatic rings. The number of hydrogen-bond acceptors (Lipinski definition) is 4. The number of nitrogens with zero attached hydrogens (tertiary/aromatic N) is 1. The van der Waals surface area contributed by atoms with Gasteiger partial charge in [-0.3, -0.25) is 4.99 Å². The molecule has 0 atom stereocenters. The molecule has 6 nitrogen and oxygen atoms in total. The van der Waals surface area contributed by atoms with E-state index in [0.29, 0.717) is 25.5 Å². The van der Waals surface area contributed by atoms with Gasteiger partial charge in [0.2, 0.25) is 0 Å². The zero-order chi connectivity index (χ0) is 20.6. The summed E-state index contributed by atoms with van der Waals surface area (Å²) in [6.45, 7) is 3.95. The highest BCUT2D eigenvalue weighted by Crippen LogP contribution is 2.29. The van der Waals surface area contributed by atoms with Crippen molar-refractivity contribution < 1.29 is 18.6 Å². The second-order valence-electron chi connectivity index (χ2n) is 6.89. The summed E-state index contributed by atoms with van der Waals surface area (Å²) >= 11 is 0. The van der Waals surface area contributed by atoms with Gasteiger partial charge >= 0.3 is 0 Å². The molecule has 3 rings (SSSR count). The molecule has 1 aliphatic rings. The second-order valence-corrected chi connectivity index (χ2v) is 6.89. The molecule has 0 fully saturated rings. The van der Waals surface area contributed by atoms with Crippen molar-refractivity contribution in [2.45, 2.75) is 26.4 Å². The number of aryl methyl sites for hydroxylation is 1. The summed E-state index contributed by atoms with van der Waals surface area (Å²) in [6.07, 6.45) is 1.47. The van der Waals surface area contributed by atoms with E-state index in [9.17, 15) is 4.39 Å². The molecular weight excluding hydrogens is 500 g/mol. The Hall–Kier alpha value is -2.07. The fraction of sp³-hybridized carbons (Fsp3) is 0.409. The van der Waals surface area contributed by atoms with Crippen LogP contribution in [0.25, 0.3) is 0 Å². The van der Waals surface area contributed by atoms with Crippen LogP contribution in [0.15, 0.2) is 35.3 Å². The minimum atomic E-state index is -0.274. The van der Waals surface area contributed by atoms with Gasteiger partial charge < -0.3 is 24.8 Å². The van der Waals surface area contributed by atoms with Gasteiger partial charge in [-0.1, -0.05) is 12.1 Å². The van der Waals surface area contributed by atoms with E-state index in [1.54, 1.807) is 14.2 Å². The maximum absolute atomic E-state index is 13.8. The van der Waals surface area contributed by atoms with E-state index in [1.165, 1.54) is 17.7 Å². The van der Waals surface area contributed by atoms with E-state index in [4.69, 9.17) is 14.2 Å². The average molecular weight is 529 g/mol. The van der Waals surface area contributed by atoms with Crippen molar-refractivity contribution in [2.24, 2.45) is 4.99 Å². The van der Waals surface area contributed by atoms with Crippen LogP contribution in [0.3, 0.4) is 0 Å². The molecule has 0 aromatic heterocycles. The van der Waals surface area contributed by atoms with Gasteiger partial charge in [0.05, 0.1) is 13.7 Å². The van der Waals surface area contributed by atoms with E-state index >= 15 is 0 Å². The molecule has 0 radical (unpaired) electrons. The first kappa shape index (κ1) is 24.2. The number of methoxy groups -OCH3 is 1. The van der Waals surface area contributed by atoms with E-state index in [-0.39, 0.29) is 36.6 Å². The largest absolute Gasteiger partial charge is 0.496 e. The average Bonchev–Trinajstić information content (AvgIpc) is 2.73. The maximum atomic E-state index is 13.8. The molecule has 0 saturated heterocycles. The molecule has 30 heavy (non-hydrogen) atoms. The normalized spacial score (nSPS) is 13.0. The summed E-state index contributed by atoms with van der Waals surface area (Å²) in [6, 6.07) is 9.21. The zero-order valence-corrected chi connectivity index (χ0v) is 19.9.